The lowest BCUT2D eigenvalue weighted by atomic mass is 9.61. The van der Waals surface area contributed by atoms with E-state index in [4.69, 9.17) is 10.00 Å². The van der Waals surface area contributed by atoms with Crippen molar-refractivity contribution in [3.05, 3.63) is 0 Å². The number of rotatable bonds is 0. The van der Waals surface area contributed by atoms with Gasteiger partial charge in [-0.15, -0.1) is 0 Å². The van der Waals surface area contributed by atoms with Crippen LogP contribution >= 0.6 is 15.9 Å². The van der Waals surface area contributed by atoms with Crippen LogP contribution in [0.15, 0.2) is 0 Å². The predicted molar refractivity (Wildman–Crippen MR) is 57.3 cm³/mol. The number of aliphatic hydroxyl groups is 1. The summed E-state index contributed by atoms with van der Waals surface area (Å²) in [6.07, 6.45) is 1.47. The van der Waals surface area contributed by atoms with Crippen molar-refractivity contribution in [2.45, 2.75) is 41.4 Å². The van der Waals surface area contributed by atoms with Gasteiger partial charge in [0.05, 0.1) is 10.9 Å². The maximum atomic E-state index is 10.4. The van der Waals surface area contributed by atoms with Crippen molar-refractivity contribution in [2.75, 3.05) is 0 Å². The summed E-state index contributed by atoms with van der Waals surface area (Å²) in [6, 6.07) is 4.26. The Labute approximate surface area is 102 Å². The molecule has 16 heavy (non-hydrogen) atoms. The van der Waals surface area contributed by atoms with Crippen LogP contribution in [0.25, 0.3) is 0 Å². The zero-order chi connectivity index (χ0) is 11.6. The molecule has 3 fully saturated rings. The Morgan fingerprint density at radius 1 is 1.19 bits per heavy atom. The van der Waals surface area contributed by atoms with E-state index in [1.54, 1.807) is 0 Å². The average Bonchev–Trinajstić information content (AvgIpc) is 2.61. The third-order valence-electron chi connectivity index (χ3n) is 4.44. The van der Waals surface area contributed by atoms with Crippen LogP contribution in [0.5, 0.6) is 0 Å². The molecule has 0 aromatic heterocycles. The molecule has 0 spiro atoms. The largest absolute Gasteiger partial charge is 0.373 e. The minimum Gasteiger partial charge on any atom is -0.373 e. The van der Waals surface area contributed by atoms with Crippen molar-refractivity contribution >= 4 is 15.9 Å². The van der Waals surface area contributed by atoms with Gasteiger partial charge < -0.3 is 9.84 Å². The summed E-state index contributed by atoms with van der Waals surface area (Å²) < 4.78 is 5.75. The molecule has 5 heteroatoms. The molecular weight excluding hydrogens is 272 g/mol. The molecule has 1 saturated heterocycles. The third kappa shape index (κ3) is 0.953. The number of alkyl halides is 1. The van der Waals surface area contributed by atoms with Crippen molar-refractivity contribution in [1.29, 1.82) is 10.5 Å². The Hall–Kier alpha value is -0.620. The highest BCUT2D eigenvalue weighted by atomic mass is 79.9. The Kier molecular flexibility index (Phi) is 1.96. The fourth-order valence-electron chi connectivity index (χ4n) is 3.52. The van der Waals surface area contributed by atoms with Gasteiger partial charge in [-0.3, -0.25) is 0 Å². The molecule has 1 N–H and O–H groups in total. The lowest BCUT2D eigenvalue weighted by molar-refractivity contribution is -0.0892. The minimum atomic E-state index is -1.41. The highest BCUT2D eigenvalue weighted by molar-refractivity contribution is 9.09. The fourth-order valence-corrected chi connectivity index (χ4v) is 4.56. The Morgan fingerprint density at radius 2 is 1.94 bits per heavy atom. The van der Waals surface area contributed by atoms with E-state index in [2.05, 4.69) is 22.0 Å². The molecule has 0 unspecified atom stereocenters. The van der Waals surface area contributed by atoms with Gasteiger partial charge in [0, 0.05) is 11.8 Å². The van der Waals surface area contributed by atoms with Crippen LogP contribution in [-0.4, -0.2) is 27.2 Å². The van der Waals surface area contributed by atoms with Crippen molar-refractivity contribution in [2.24, 2.45) is 11.8 Å². The highest BCUT2D eigenvalue weighted by Crippen LogP contribution is 2.59. The molecule has 6 atom stereocenters. The molecule has 84 valence electrons. The van der Waals surface area contributed by atoms with Gasteiger partial charge in [0.25, 0.3) is 0 Å². The Morgan fingerprint density at radius 3 is 2.56 bits per heavy atom. The number of nitriles is 2. The normalized spacial score (nSPS) is 58.0. The van der Waals surface area contributed by atoms with Gasteiger partial charge in [-0.05, 0) is 19.3 Å². The second kappa shape index (κ2) is 2.98. The molecule has 4 nitrogen and oxygen atoms in total. The summed E-state index contributed by atoms with van der Waals surface area (Å²) in [7, 11) is 0. The average molecular weight is 283 g/mol. The quantitative estimate of drug-likeness (QED) is 0.533. The van der Waals surface area contributed by atoms with E-state index in [9.17, 15) is 10.4 Å². The van der Waals surface area contributed by atoms with E-state index in [1.807, 2.05) is 6.07 Å². The third-order valence-corrected chi connectivity index (χ3v) is 5.49. The highest BCUT2D eigenvalue weighted by Gasteiger charge is 2.68. The maximum absolute atomic E-state index is 10.4. The summed E-state index contributed by atoms with van der Waals surface area (Å²) in [4.78, 5) is -0.0823. The molecule has 3 aliphatic rings. The molecule has 0 radical (unpaired) electrons. The van der Waals surface area contributed by atoms with Gasteiger partial charge in [-0.25, -0.2) is 0 Å². The molecule has 1 aliphatic heterocycles. The van der Waals surface area contributed by atoms with Crippen molar-refractivity contribution < 1.29 is 9.84 Å². The van der Waals surface area contributed by atoms with E-state index in [-0.39, 0.29) is 16.7 Å². The van der Waals surface area contributed by atoms with Crippen LogP contribution in [-0.2, 0) is 4.74 Å². The summed E-state index contributed by atoms with van der Waals surface area (Å²) in [5.74, 6) is 0.0776. The van der Waals surface area contributed by atoms with Gasteiger partial charge in [0.1, 0.15) is 12.2 Å². The van der Waals surface area contributed by atoms with Gasteiger partial charge in [0.2, 0.25) is 0 Å². The van der Waals surface area contributed by atoms with E-state index in [1.165, 1.54) is 0 Å². The molecular formula is C11H11BrN2O2. The topological polar surface area (TPSA) is 77.0 Å². The van der Waals surface area contributed by atoms with Gasteiger partial charge >= 0.3 is 0 Å². The van der Waals surface area contributed by atoms with Crippen LogP contribution in [0.3, 0.4) is 0 Å². The summed E-state index contributed by atoms with van der Waals surface area (Å²) in [6.45, 7) is 0. The van der Waals surface area contributed by atoms with E-state index < -0.39 is 17.3 Å². The number of halogens is 1. The first-order chi connectivity index (χ1) is 7.56. The first-order valence-corrected chi connectivity index (χ1v) is 6.35. The van der Waals surface area contributed by atoms with E-state index in [0.29, 0.717) is 12.8 Å². The number of fused-ring (bicyclic) bond motifs is 2. The predicted octanol–water partition coefficient (Wildman–Crippen LogP) is 1.10. The minimum absolute atomic E-state index is 0.0744. The second-order valence-electron chi connectivity index (χ2n) is 5.02. The Balaban J connectivity index is 2.11. The standard InChI is InChI=1S/C11H11BrN2O2/c12-8-2-6-1-7-3-9(10(6,15)4-13)16-11(7,8)5-14/h6-9,15H,1-3H2/t6-,7-,8+,9-,10+,11+/m0/s1. The number of ether oxygens (including phenoxy) is 1. The molecule has 0 amide bonds. The van der Waals surface area contributed by atoms with Crippen LogP contribution < -0.4 is 0 Å². The van der Waals surface area contributed by atoms with Crippen molar-refractivity contribution in [3.63, 3.8) is 0 Å². The molecule has 1 heterocycles. The van der Waals surface area contributed by atoms with Gasteiger partial charge in [0.15, 0.2) is 11.2 Å². The summed E-state index contributed by atoms with van der Waals surface area (Å²) >= 11 is 3.49. The number of hydrogen-bond acceptors (Lipinski definition) is 4. The first-order valence-electron chi connectivity index (χ1n) is 5.43. The molecule has 2 saturated carbocycles. The van der Waals surface area contributed by atoms with Gasteiger partial charge in [-0.1, -0.05) is 15.9 Å². The van der Waals surface area contributed by atoms with Crippen LogP contribution in [0, 0.1) is 34.5 Å². The monoisotopic (exact) mass is 282 g/mol. The molecule has 0 aromatic carbocycles. The second-order valence-corrected chi connectivity index (χ2v) is 6.12. The molecule has 3 rings (SSSR count). The summed E-state index contributed by atoms with van der Waals surface area (Å²) in [5, 5.41) is 28.9. The maximum Gasteiger partial charge on any atom is 0.180 e. The van der Waals surface area contributed by atoms with Crippen LogP contribution in [0.2, 0.25) is 0 Å². The smallest absolute Gasteiger partial charge is 0.180 e. The number of hydrogen-bond donors (Lipinski definition) is 1. The fraction of sp³-hybridized carbons (Fsp3) is 0.818. The van der Waals surface area contributed by atoms with Crippen molar-refractivity contribution in [3.8, 4) is 12.1 Å². The van der Waals surface area contributed by atoms with E-state index in [0.717, 1.165) is 6.42 Å². The zero-order valence-electron chi connectivity index (χ0n) is 8.56. The lowest BCUT2D eigenvalue weighted by Gasteiger charge is -2.43. The zero-order valence-corrected chi connectivity index (χ0v) is 10.1. The molecule has 2 aliphatic carbocycles. The molecule has 3 bridgehead atoms. The SMILES string of the molecule is N#C[C@@]1(O)[C@H]2C[C@H]3C[C@@H]1O[C@@]3(C#N)[C@H](Br)C2. The summed E-state index contributed by atoms with van der Waals surface area (Å²) in [5.41, 5.74) is -2.24. The first kappa shape index (κ1) is 10.5. The Bertz CT molecular complexity index is 427. The van der Waals surface area contributed by atoms with Crippen molar-refractivity contribution in [1.82, 2.24) is 0 Å². The van der Waals surface area contributed by atoms with Gasteiger partial charge in [-0.2, -0.15) is 10.5 Å². The lowest BCUT2D eigenvalue weighted by Crippen LogP contribution is -2.53. The van der Waals surface area contributed by atoms with E-state index >= 15 is 0 Å². The van der Waals surface area contributed by atoms with Crippen LogP contribution in [0.1, 0.15) is 19.3 Å². The molecule has 0 aromatic rings. The number of nitrogens with zero attached hydrogens (tertiary/aromatic N) is 2. The van der Waals surface area contributed by atoms with Crippen LogP contribution in [0.4, 0.5) is 0 Å².